The van der Waals surface area contributed by atoms with Crippen LogP contribution in [0.4, 0.5) is 0 Å². The third-order valence-corrected chi connectivity index (χ3v) is 2.95. The van der Waals surface area contributed by atoms with Gasteiger partial charge in [0, 0.05) is 6.20 Å². The second kappa shape index (κ2) is 4.70. The molecule has 2 aromatic rings. The van der Waals surface area contributed by atoms with Gasteiger partial charge in [0.05, 0.1) is 11.3 Å². The number of aromatic nitrogens is 2. The normalized spacial score (nSPS) is 10.3. The topological polar surface area (TPSA) is 54.9 Å². The minimum atomic E-state index is -0.393. The molecule has 0 saturated carbocycles. The lowest BCUT2D eigenvalue weighted by molar-refractivity contribution is 0.101. The van der Waals surface area contributed by atoms with E-state index in [-0.39, 0.29) is 16.1 Å². The van der Waals surface area contributed by atoms with E-state index >= 15 is 0 Å². The van der Waals surface area contributed by atoms with Gasteiger partial charge in [0.25, 0.3) is 5.56 Å². The molecule has 1 heterocycles. The van der Waals surface area contributed by atoms with E-state index in [1.54, 1.807) is 12.1 Å². The highest BCUT2D eigenvalue weighted by Crippen LogP contribution is 2.08. The number of benzene rings is 1. The largest absolute Gasteiger partial charge is 0.338 e. The zero-order valence-electron chi connectivity index (χ0n) is 10.1. The summed E-state index contributed by atoms with van der Waals surface area (Å²) in [7, 11) is 0. The Morgan fingerprint density at radius 1 is 1.28 bits per heavy atom. The third-order valence-electron chi connectivity index (χ3n) is 2.65. The Kier molecular flexibility index (Phi) is 3.25. The highest BCUT2D eigenvalue weighted by molar-refractivity contribution is 7.71. The fourth-order valence-corrected chi connectivity index (χ4v) is 1.90. The number of carbonyl (C=O) groups excluding carboxylic acids is 1. The quantitative estimate of drug-likeness (QED) is 0.666. The number of Topliss-reactive ketones (excluding diaryl/α,β-unsaturated/α-hetero) is 1. The maximum Gasteiger partial charge on any atom is 0.269 e. The predicted molar refractivity (Wildman–Crippen MR) is 72.0 cm³/mol. The second-order valence-electron chi connectivity index (χ2n) is 4.04. The Hall–Kier alpha value is -2.01. The van der Waals surface area contributed by atoms with Crippen LogP contribution in [0.2, 0.25) is 0 Å². The van der Waals surface area contributed by atoms with Crippen LogP contribution in [0.5, 0.6) is 0 Å². The minimum Gasteiger partial charge on any atom is -0.338 e. The number of ketones is 1. The first-order chi connectivity index (χ1) is 8.50. The third kappa shape index (κ3) is 2.17. The molecule has 0 bridgehead atoms. The average Bonchev–Trinajstić information content (AvgIpc) is 2.31. The first-order valence-electron chi connectivity index (χ1n) is 5.43. The van der Waals surface area contributed by atoms with E-state index in [0.29, 0.717) is 5.69 Å². The van der Waals surface area contributed by atoms with Crippen molar-refractivity contribution in [2.24, 2.45) is 0 Å². The molecule has 1 aromatic carbocycles. The number of carbonyl (C=O) groups is 1. The molecule has 0 amide bonds. The summed E-state index contributed by atoms with van der Waals surface area (Å²) in [6.07, 6.45) is 1.36. The van der Waals surface area contributed by atoms with Gasteiger partial charge < -0.3 is 4.98 Å². The first-order valence-corrected chi connectivity index (χ1v) is 5.84. The smallest absolute Gasteiger partial charge is 0.269 e. The average molecular weight is 260 g/mol. The standard InChI is InChI=1S/C13H12N2O2S/c1-8-3-5-10(6-4-8)15-12(17)11(9(2)16)7-14-13(15)18/h3-7H,1-2H3,(H,14,18). The van der Waals surface area contributed by atoms with Crippen molar-refractivity contribution < 1.29 is 4.79 Å². The molecule has 0 radical (unpaired) electrons. The molecule has 0 aliphatic heterocycles. The number of nitrogens with one attached hydrogen (secondary N) is 1. The molecule has 92 valence electrons. The van der Waals surface area contributed by atoms with E-state index in [1.807, 2.05) is 19.1 Å². The number of H-pyrrole nitrogens is 1. The van der Waals surface area contributed by atoms with Crippen LogP contribution >= 0.6 is 12.2 Å². The molecule has 0 unspecified atom stereocenters. The number of hydrogen-bond acceptors (Lipinski definition) is 3. The van der Waals surface area contributed by atoms with Gasteiger partial charge in [-0.25, -0.2) is 0 Å². The molecule has 0 fully saturated rings. The highest BCUT2D eigenvalue weighted by atomic mass is 32.1. The van der Waals surface area contributed by atoms with Crippen LogP contribution in [0.1, 0.15) is 22.8 Å². The molecule has 2 rings (SSSR count). The van der Waals surface area contributed by atoms with Gasteiger partial charge in [-0.15, -0.1) is 0 Å². The van der Waals surface area contributed by atoms with Crippen LogP contribution in [-0.2, 0) is 0 Å². The van der Waals surface area contributed by atoms with Gasteiger partial charge in [0.1, 0.15) is 0 Å². The van der Waals surface area contributed by atoms with Crippen molar-refractivity contribution in [3.8, 4) is 5.69 Å². The van der Waals surface area contributed by atoms with Crippen molar-refractivity contribution >= 4 is 18.0 Å². The summed E-state index contributed by atoms with van der Waals surface area (Å²) in [6.45, 7) is 3.31. The molecule has 5 heteroatoms. The van der Waals surface area contributed by atoms with E-state index in [2.05, 4.69) is 4.98 Å². The van der Waals surface area contributed by atoms with Gasteiger partial charge in [0.2, 0.25) is 0 Å². The Morgan fingerprint density at radius 2 is 1.89 bits per heavy atom. The van der Waals surface area contributed by atoms with Crippen molar-refractivity contribution in [2.75, 3.05) is 0 Å². The molecule has 4 nitrogen and oxygen atoms in total. The monoisotopic (exact) mass is 260 g/mol. The van der Waals surface area contributed by atoms with Crippen molar-refractivity contribution in [1.29, 1.82) is 0 Å². The van der Waals surface area contributed by atoms with Crippen molar-refractivity contribution in [1.82, 2.24) is 9.55 Å². The van der Waals surface area contributed by atoms with Gasteiger partial charge in [0.15, 0.2) is 10.6 Å². The zero-order valence-corrected chi connectivity index (χ0v) is 10.9. The van der Waals surface area contributed by atoms with E-state index in [9.17, 15) is 9.59 Å². The summed E-state index contributed by atoms with van der Waals surface area (Å²) in [5.41, 5.74) is 1.44. The molecule has 1 aromatic heterocycles. The SMILES string of the molecule is CC(=O)c1c[nH]c(=S)n(-c2ccc(C)cc2)c1=O. The number of aryl methyl sites for hydroxylation is 1. The molecule has 1 N–H and O–H groups in total. The van der Waals surface area contributed by atoms with E-state index in [4.69, 9.17) is 12.2 Å². The van der Waals surface area contributed by atoms with Gasteiger partial charge in [-0.05, 0) is 38.2 Å². The summed E-state index contributed by atoms with van der Waals surface area (Å²) in [6, 6.07) is 7.36. The maximum absolute atomic E-state index is 12.2. The molecule has 0 atom stereocenters. The minimum absolute atomic E-state index is 0.101. The van der Waals surface area contributed by atoms with E-state index in [1.165, 1.54) is 17.7 Å². The van der Waals surface area contributed by atoms with Crippen LogP contribution in [0, 0.1) is 11.7 Å². The summed E-state index contributed by atoms with van der Waals surface area (Å²) in [5.74, 6) is -0.285. The Morgan fingerprint density at radius 3 is 2.44 bits per heavy atom. The molecule has 18 heavy (non-hydrogen) atoms. The van der Waals surface area contributed by atoms with Gasteiger partial charge in [-0.2, -0.15) is 0 Å². The van der Waals surface area contributed by atoms with E-state index in [0.717, 1.165) is 5.56 Å². The summed E-state index contributed by atoms with van der Waals surface area (Å²) in [4.78, 5) is 26.3. The Labute approximate surface area is 109 Å². The van der Waals surface area contributed by atoms with Crippen molar-refractivity contribution in [2.45, 2.75) is 13.8 Å². The van der Waals surface area contributed by atoms with Crippen LogP contribution in [0.25, 0.3) is 5.69 Å². The fourth-order valence-electron chi connectivity index (χ4n) is 1.65. The Balaban J connectivity index is 2.75. The predicted octanol–water partition coefficient (Wildman–Crippen LogP) is 2.41. The molecule has 0 saturated heterocycles. The maximum atomic E-state index is 12.2. The molecular weight excluding hydrogens is 248 g/mol. The van der Waals surface area contributed by atoms with Crippen LogP contribution in [0.3, 0.4) is 0 Å². The van der Waals surface area contributed by atoms with Crippen molar-refractivity contribution in [3.05, 3.63) is 56.7 Å². The zero-order chi connectivity index (χ0) is 13.3. The lowest BCUT2D eigenvalue weighted by Gasteiger charge is -2.07. The number of rotatable bonds is 2. The number of hydrogen-bond donors (Lipinski definition) is 1. The fraction of sp³-hybridized carbons (Fsp3) is 0.154. The lowest BCUT2D eigenvalue weighted by atomic mass is 10.2. The molecular formula is C13H12N2O2S. The number of aromatic amines is 1. The summed E-state index contributed by atoms with van der Waals surface area (Å²) in [5, 5.41) is 0. The first kappa shape index (κ1) is 12.4. The summed E-state index contributed by atoms with van der Waals surface area (Å²) >= 11 is 5.10. The van der Waals surface area contributed by atoms with E-state index < -0.39 is 5.56 Å². The summed E-state index contributed by atoms with van der Waals surface area (Å²) < 4.78 is 1.60. The van der Waals surface area contributed by atoms with Crippen LogP contribution < -0.4 is 5.56 Å². The highest BCUT2D eigenvalue weighted by Gasteiger charge is 2.10. The Bertz CT molecular complexity index is 711. The van der Waals surface area contributed by atoms with Crippen LogP contribution in [0.15, 0.2) is 35.3 Å². The van der Waals surface area contributed by atoms with Gasteiger partial charge >= 0.3 is 0 Å². The van der Waals surface area contributed by atoms with Crippen molar-refractivity contribution in [3.63, 3.8) is 0 Å². The van der Waals surface area contributed by atoms with Gasteiger partial charge in [-0.1, -0.05) is 17.7 Å². The molecule has 0 aliphatic carbocycles. The number of nitrogens with zero attached hydrogens (tertiary/aromatic N) is 1. The lowest BCUT2D eigenvalue weighted by Crippen LogP contribution is -2.25. The van der Waals surface area contributed by atoms with Gasteiger partial charge in [-0.3, -0.25) is 14.2 Å². The molecule has 0 spiro atoms. The molecule has 0 aliphatic rings. The van der Waals surface area contributed by atoms with Crippen LogP contribution in [-0.4, -0.2) is 15.3 Å². The second-order valence-corrected chi connectivity index (χ2v) is 4.43.